The Morgan fingerprint density at radius 2 is 2.29 bits per heavy atom. The van der Waals surface area contributed by atoms with Gasteiger partial charge in [-0.05, 0) is 24.1 Å². The van der Waals surface area contributed by atoms with Crippen LogP contribution in [0.2, 0.25) is 0 Å². The summed E-state index contributed by atoms with van der Waals surface area (Å²) in [6.07, 6.45) is 1.10. The molecule has 0 saturated heterocycles. The van der Waals surface area contributed by atoms with Gasteiger partial charge in [0.1, 0.15) is 5.75 Å². The lowest BCUT2D eigenvalue weighted by molar-refractivity contribution is 0.415. The molecule has 2 nitrogen and oxygen atoms in total. The lowest BCUT2D eigenvalue weighted by atomic mass is 10.0. The third-order valence-corrected chi connectivity index (χ3v) is 3.76. The molecule has 0 spiro atoms. The van der Waals surface area contributed by atoms with Crippen LogP contribution in [0.25, 0.3) is 0 Å². The Kier molecular flexibility index (Phi) is 3.02. The molecule has 0 fully saturated rings. The number of hydrogen-bond acceptors (Lipinski definition) is 2. The maximum Gasteiger partial charge on any atom is 0.143 e. The van der Waals surface area contributed by atoms with Crippen LogP contribution < -0.4 is 10.1 Å². The van der Waals surface area contributed by atoms with E-state index in [0.29, 0.717) is 4.83 Å². The smallest absolute Gasteiger partial charge is 0.143 e. The van der Waals surface area contributed by atoms with Crippen LogP contribution in [0.15, 0.2) is 16.6 Å². The minimum absolute atomic E-state index is 0.421. The molecule has 0 amide bonds. The number of benzene rings is 1. The number of halogens is 2. The largest absolute Gasteiger partial charge is 0.495 e. The molecule has 0 saturated carbocycles. The molecule has 1 N–H and O–H groups in total. The fourth-order valence-corrected chi connectivity index (χ4v) is 2.72. The topological polar surface area (TPSA) is 21.3 Å². The van der Waals surface area contributed by atoms with Crippen LogP contribution in [0.1, 0.15) is 16.8 Å². The van der Waals surface area contributed by atoms with Crippen LogP contribution in [0.4, 0.5) is 5.69 Å². The predicted octanol–water partition coefficient (Wildman–Crippen LogP) is 3.71. The van der Waals surface area contributed by atoms with Gasteiger partial charge in [-0.2, -0.15) is 0 Å². The highest BCUT2D eigenvalue weighted by Crippen LogP contribution is 2.42. The maximum absolute atomic E-state index is 5.33. The fraction of sp³-hybridized carbons (Fsp3) is 0.400. The van der Waals surface area contributed by atoms with E-state index < -0.39 is 0 Å². The Balaban J connectivity index is 2.54. The zero-order chi connectivity index (χ0) is 10.1. The number of rotatable bonds is 1. The summed E-state index contributed by atoms with van der Waals surface area (Å²) in [5.41, 5.74) is 2.38. The van der Waals surface area contributed by atoms with Gasteiger partial charge in [-0.15, -0.1) is 0 Å². The molecule has 0 aliphatic carbocycles. The Hall–Kier alpha value is -0.220. The van der Waals surface area contributed by atoms with E-state index >= 15 is 0 Å². The number of ether oxygens (including phenoxy) is 1. The van der Waals surface area contributed by atoms with Crippen LogP contribution in [0.5, 0.6) is 5.75 Å². The number of alkyl halides is 1. The summed E-state index contributed by atoms with van der Waals surface area (Å²) in [4.78, 5) is 0.421. The van der Waals surface area contributed by atoms with Gasteiger partial charge in [0.25, 0.3) is 0 Å². The Morgan fingerprint density at radius 1 is 1.50 bits per heavy atom. The molecule has 1 heterocycles. The van der Waals surface area contributed by atoms with E-state index in [1.54, 1.807) is 7.11 Å². The first kappa shape index (κ1) is 10.3. The molecule has 1 aromatic rings. The normalized spacial score (nSPS) is 19.8. The van der Waals surface area contributed by atoms with Gasteiger partial charge in [0.15, 0.2) is 0 Å². The van der Waals surface area contributed by atoms with Crippen molar-refractivity contribution in [2.24, 2.45) is 0 Å². The summed E-state index contributed by atoms with van der Waals surface area (Å²) < 4.78 is 6.39. The van der Waals surface area contributed by atoms with Gasteiger partial charge in [0.05, 0.1) is 12.8 Å². The minimum Gasteiger partial charge on any atom is -0.495 e. The molecule has 1 unspecified atom stereocenters. The molecular formula is C10H11Br2NO. The molecular weight excluding hydrogens is 310 g/mol. The van der Waals surface area contributed by atoms with Gasteiger partial charge in [-0.1, -0.05) is 31.9 Å². The zero-order valence-electron chi connectivity index (χ0n) is 7.81. The Labute approximate surface area is 100 Å². The second kappa shape index (κ2) is 4.11. The molecule has 0 radical (unpaired) electrons. The van der Waals surface area contributed by atoms with Gasteiger partial charge >= 0.3 is 0 Å². The summed E-state index contributed by atoms with van der Waals surface area (Å²) >= 11 is 7.15. The quantitative estimate of drug-likeness (QED) is 0.796. The van der Waals surface area contributed by atoms with E-state index in [-0.39, 0.29) is 0 Å². The van der Waals surface area contributed by atoms with E-state index in [2.05, 4.69) is 43.2 Å². The molecule has 1 aromatic carbocycles. The van der Waals surface area contributed by atoms with E-state index in [1.165, 1.54) is 5.56 Å². The maximum atomic E-state index is 5.33. The predicted molar refractivity (Wildman–Crippen MR) is 65.5 cm³/mol. The van der Waals surface area contributed by atoms with Gasteiger partial charge in [0.2, 0.25) is 0 Å². The first-order valence-corrected chi connectivity index (χ1v) is 6.18. The summed E-state index contributed by atoms with van der Waals surface area (Å²) in [6, 6.07) is 4.11. The van der Waals surface area contributed by atoms with E-state index in [1.807, 2.05) is 6.07 Å². The SMILES string of the molecule is COc1cc(Br)cc2c1NCCC2Br. The van der Waals surface area contributed by atoms with Crippen molar-refractivity contribution in [1.29, 1.82) is 0 Å². The van der Waals surface area contributed by atoms with Gasteiger partial charge in [-0.25, -0.2) is 0 Å². The number of hydrogen-bond donors (Lipinski definition) is 1. The fourth-order valence-electron chi connectivity index (χ4n) is 1.68. The van der Waals surface area contributed by atoms with Gasteiger partial charge in [-0.3, -0.25) is 0 Å². The summed E-state index contributed by atoms with van der Waals surface area (Å²) in [6.45, 7) is 0.987. The van der Waals surface area contributed by atoms with Crippen molar-refractivity contribution < 1.29 is 4.74 Å². The highest BCUT2D eigenvalue weighted by atomic mass is 79.9. The molecule has 1 aliphatic heterocycles. The number of nitrogens with one attached hydrogen (secondary N) is 1. The average molecular weight is 321 g/mol. The second-order valence-electron chi connectivity index (χ2n) is 3.26. The van der Waals surface area contributed by atoms with Crippen LogP contribution >= 0.6 is 31.9 Å². The zero-order valence-corrected chi connectivity index (χ0v) is 11.0. The number of anilines is 1. The molecule has 2 rings (SSSR count). The summed E-state index contributed by atoms with van der Waals surface area (Å²) in [5, 5.41) is 3.36. The van der Waals surface area contributed by atoms with E-state index in [9.17, 15) is 0 Å². The molecule has 1 aliphatic rings. The summed E-state index contributed by atoms with van der Waals surface area (Å²) in [5.74, 6) is 0.901. The van der Waals surface area contributed by atoms with Gasteiger partial charge < -0.3 is 10.1 Å². The molecule has 0 bridgehead atoms. The lowest BCUT2D eigenvalue weighted by Crippen LogP contribution is -2.14. The minimum atomic E-state index is 0.421. The third kappa shape index (κ3) is 1.77. The second-order valence-corrected chi connectivity index (χ2v) is 5.28. The third-order valence-electron chi connectivity index (χ3n) is 2.35. The first-order chi connectivity index (χ1) is 6.72. The molecule has 14 heavy (non-hydrogen) atoms. The van der Waals surface area contributed by atoms with Crippen LogP contribution in [0.3, 0.4) is 0 Å². The number of methoxy groups -OCH3 is 1. The van der Waals surface area contributed by atoms with Crippen LogP contribution in [-0.2, 0) is 0 Å². The van der Waals surface area contributed by atoms with Crippen molar-refractivity contribution in [2.75, 3.05) is 19.0 Å². The van der Waals surface area contributed by atoms with Crippen molar-refractivity contribution >= 4 is 37.5 Å². The van der Waals surface area contributed by atoms with Crippen molar-refractivity contribution in [3.05, 3.63) is 22.2 Å². The van der Waals surface area contributed by atoms with Crippen LogP contribution in [-0.4, -0.2) is 13.7 Å². The van der Waals surface area contributed by atoms with Crippen LogP contribution in [0, 0.1) is 0 Å². The van der Waals surface area contributed by atoms with Crippen molar-refractivity contribution in [3.8, 4) is 5.75 Å². The van der Waals surface area contributed by atoms with Crippen molar-refractivity contribution in [3.63, 3.8) is 0 Å². The highest BCUT2D eigenvalue weighted by molar-refractivity contribution is 9.10. The first-order valence-electron chi connectivity index (χ1n) is 4.47. The standard InChI is InChI=1S/C10H11Br2NO/c1-14-9-5-6(11)4-7-8(12)2-3-13-10(7)9/h4-5,8,13H,2-3H2,1H3. The molecule has 76 valence electrons. The molecule has 0 aromatic heterocycles. The number of fused-ring (bicyclic) bond motifs is 1. The lowest BCUT2D eigenvalue weighted by Gasteiger charge is -2.24. The van der Waals surface area contributed by atoms with E-state index in [0.717, 1.165) is 28.9 Å². The average Bonchev–Trinajstić information content (AvgIpc) is 2.18. The summed E-state index contributed by atoms with van der Waals surface area (Å²) in [7, 11) is 1.70. The van der Waals surface area contributed by atoms with Crippen molar-refractivity contribution in [1.82, 2.24) is 0 Å². The highest BCUT2D eigenvalue weighted by Gasteiger charge is 2.21. The van der Waals surface area contributed by atoms with Gasteiger partial charge in [0, 0.05) is 15.8 Å². The van der Waals surface area contributed by atoms with Crippen molar-refractivity contribution in [2.45, 2.75) is 11.2 Å². The molecule has 1 atom stereocenters. The Morgan fingerprint density at radius 3 is 3.00 bits per heavy atom. The van der Waals surface area contributed by atoms with E-state index in [4.69, 9.17) is 4.74 Å². The monoisotopic (exact) mass is 319 g/mol. The molecule has 4 heteroatoms. The Bertz CT molecular complexity index is 354.